The number of hydrogen-bond acceptors (Lipinski definition) is 2. The molecule has 3 nitrogen and oxygen atoms in total. The molecular weight excluding hydrogens is 260 g/mol. The molecule has 0 saturated heterocycles. The third-order valence-electron chi connectivity index (χ3n) is 4.62. The Kier molecular flexibility index (Phi) is 6.25. The SMILES string of the molecule is CCC1CCC(C#N)(NC(=O)CC(C)CC(C)(C)C)CC1. The van der Waals surface area contributed by atoms with E-state index in [0.717, 1.165) is 38.0 Å². The number of nitrogens with zero attached hydrogens (tertiary/aromatic N) is 1. The molecule has 0 heterocycles. The molecule has 1 rings (SSSR count). The Morgan fingerprint density at radius 1 is 1.38 bits per heavy atom. The fourth-order valence-electron chi connectivity index (χ4n) is 3.60. The lowest BCUT2D eigenvalue weighted by atomic mass is 9.76. The van der Waals surface area contributed by atoms with Gasteiger partial charge in [-0.1, -0.05) is 41.0 Å². The van der Waals surface area contributed by atoms with Gasteiger partial charge in [-0.2, -0.15) is 5.26 Å². The molecule has 1 aliphatic carbocycles. The number of nitrogens with one attached hydrogen (secondary N) is 1. The van der Waals surface area contributed by atoms with E-state index in [9.17, 15) is 10.1 Å². The molecule has 120 valence electrons. The molecule has 0 aliphatic heterocycles. The van der Waals surface area contributed by atoms with E-state index < -0.39 is 5.54 Å². The highest BCUT2D eigenvalue weighted by Gasteiger charge is 2.36. The monoisotopic (exact) mass is 292 g/mol. The van der Waals surface area contributed by atoms with Gasteiger partial charge in [-0.15, -0.1) is 0 Å². The first-order valence-electron chi connectivity index (χ1n) is 8.42. The van der Waals surface area contributed by atoms with Crippen LogP contribution in [0.5, 0.6) is 0 Å². The summed E-state index contributed by atoms with van der Waals surface area (Å²) < 4.78 is 0. The van der Waals surface area contributed by atoms with Gasteiger partial charge in [0, 0.05) is 6.42 Å². The van der Waals surface area contributed by atoms with Crippen molar-refractivity contribution in [3.05, 3.63) is 0 Å². The highest BCUT2D eigenvalue weighted by molar-refractivity contribution is 5.77. The van der Waals surface area contributed by atoms with Gasteiger partial charge in [0.05, 0.1) is 6.07 Å². The zero-order chi connectivity index (χ0) is 16.1. The van der Waals surface area contributed by atoms with Crippen LogP contribution in [0.2, 0.25) is 0 Å². The van der Waals surface area contributed by atoms with E-state index in [1.807, 2.05) is 0 Å². The molecule has 3 heteroatoms. The lowest BCUT2D eigenvalue weighted by molar-refractivity contribution is -0.123. The quantitative estimate of drug-likeness (QED) is 0.815. The van der Waals surface area contributed by atoms with Crippen molar-refractivity contribution in [2.45, 2.75) is 85.1 Å². The summed E-state index contributed by atoms with van der Waals surface area (Å²) >= 11 is 0. The van der Waals surface area contributed by atoms with Crippen molar-refractivity contribution in [1.82, 2.24) is 5.32 Å². The first kappa shape index (κ1) is 18.0. The molecule has 0 aromatic rings. The molecule has 1 saturated carbocycles. The van der Waals surface area contributed by atoms with E-state index in [-0.39, 0.29) is 11.3 Å². The van der Waals surface area contributed by atoms with Gasteiger partial charge in [0.1, 0.15) is 5.54 Å². The van der Waals surface area contributed by atoms with Crippen molar-refractivity contribution < 1.29 is 4.79 Å². The number of rotatable bonds is 5. The highest BCUT2D eigenvalue weighted by atomic mass is 16.1. The molecule has 1 atom stereocenters. The maximum absolute atomic E-state index is 12.3. The van der Waals surface area contributed by atoms with Crippen LogP contribution in [0.4, 0.5) is 0 Å². The Labute approximate surface area is 130 Å². The minimum absolute atomic E-state index is 0.0447. The van der Waals surface area contributed by atoms with Gasteiger partial charge in [-0.25, -0.2) is 0 Å². The van der Waals surface area contributed by atoms with E-state index in [2.05, 4.69) is 46.0 Å². The number of hydrogen-bond donors (Lipinski definition) is 1. The smallest absolute Gasteiger partial charge is 0.221 e. The third-order valence-corrected chi connectivity index (χ3v) is 4.62. The lowest BCUT2D eigenvalue weighted by Gasteiger charge is -2.35. The van der Waals surface area contributed by atoms with Gasteiger partial charge in [0.15, 0.2) is 0 Å². The average Bonchev–Trinajstić information content (AvgIpc) is 2.37. The predicted molar refractivity (Wildman–Crippen MR) is 86.6 cm³/mol. The van der Waals surface area contributed by atoms with Crippen molar-refractivity contribution in [2.24, 2.45) is 17.3 Å². The highest BCUT2D eigenvalue weighted by Crippen LogP contribution is 2.33. The molecule has 1 unspecified atom stereocenters. The van der Waals surface area contributed by atoms with Crippen LogP contribution in [0, 0.1) is 28.6 Å². The standard InChI is InChI=1S/C18H32N2O/c1-6-15-7-9-18(13-19,10-8-15)20-16(21)11-14(2)12-17(3,4)5/h14-15H,6-12H2,1-5H3,(H,20,21). The molecule has 1 aliphatic rings. The van der Waals surface area contributed by atoms with E-state index in [1.54, 1.807) is 0 Å². The zero-order valence-corrected chi connectivity index (χ0v) is 14.5. The van der Waals surface area contributed by atoms with Crippen LogP contribution >= 0.6 is 0 Å². The maximum Gasteiger partial charge on any atom is 0.221 e. The summed E-state index contributed by atoms with van der Waals surface area (Å²) in [4.78, 5) is 12.3. The summed E-state index contributed by atoms with van der Waals surface area (Å²) in [5, 5.41) is 12.5. The van der Waals surface area contributed by atoms with Gasteiger partial charge >= 0.3 is 0 Å². The zero-order valence-electron chi connectivity index (χ0n) is 14.5. The van der Waals surface area contributed by atoms with E-state index >= 15 is 0 Å². The van der Waals surface area contributed by atoms with Crippen LogP contribution in [0.1, 0.15) is 79.6 Å². The summed E-state index contributed by atoms with van der Waals surface area (Å²) in [5.41, 5.74) is -0.365. The lowest BCUT2D eigenvalue weighted by Crippen LogP contribution is -2.50. The number of carbonyl (C=O) groups excluding carboxylic acids is 1. The Bertz CT molecular complexity index is 381. The van der Waals surface area contributed by atoms with Crippen LogP contribution in [0.3, 0.4) is 0 Å². The van der Waals surface area contributed by atoms with Crippen LogP contribution in [-0.2, 0) is 4.79 Å². The van der Waals surface area contributed by atoms with Crippen molar-refractivity contribution in [2.75, 3.05) is 0 Å². The van der Waals surface area contributed by atoms with Gasteiger partial charge in [-0.05, 0) is 49.4 Å². The Morgan fingerprint density at radius 2 is 1.95 bits per heavy atom. The van der Waals surface area contributed by atoms with E-state index in [0.29, 0.717) is 12.3 Å². The summed E-state index contributed by atoms with van der Waals surface area (Å²) in [5.74, 6) is 1.12. The third kappa shape index (κ3) is 6.08. The van der Waals surface area contributed by atoms with Gasteiger partial charge in [0.2, 0.25) is 5.91 Å². The second-order valence-corrected chi connectivity index (χ2v) is 8.17. The molecule has 0 aromatic heterocycles. The number of carbonyl (C=O) groups is 1. The Balaban J connectivity index is 2.51. The summed E-state index contributed by atoms with van der Waals surface area (Å²) in [6, 6.07) is 2.38. The Hall–Kier alpha value is -1.04. The fraction of sp³-hybridized carbons (Fsp3) is 0.889. The maximum atomic E-state index is 12.3. The van der Waals surface area contributed by atoms with Gasteiger partial charge < -0.3 is 5.32 Å². The normalized spacial score (nSPS) is 27.7. The van der Waals surface area contributed by atoms with Crippen LogP contribution in [0.15, 0.2) is 0 Å². The molecule has 0 bridgehead atoms. The molecule has 21 heavy (non-hydrogen) atoms. The minimum Gasteiger partial charge on any atom is -0.338 e. The van der Waals surface area contributed by atoms with Crippen LogP contribution < -0.4 is 5.32 Å². The van der Waals surface area contributed by atoms with Crippen molar-refractivity contribution >= 4 is 5.91 Å². The van der Waals surface area contributed by atoms with Gasteiger partial charge in [-0.3, -0.25) is 4.79 Å². The van der Waals surface area contributed by atoms with Crippen LogP contribution in [-0.4, -0.2) is 11.4 Å². The summed E-state index contributed by atoms with van der Waals surface area (Å²) in [6.07, 6.45) is 6.46. The number of nitriles is 1. The van der Waals surface area contributed by atoms with Crippen molar-refractivity contribution in [3.63, 3.8) is 0 Å². The topological polar surface area (TPSA) is 52.9 Å². The first-order valence-corrected chi connectivity index (χ1v) is 8.42. The number of amides is 1. The molecule has 0 aromatic carbocycles. The summed E-state index contributed by atoms with van der Waals surface area (Å²) in [6.45, 7) is 10.9. The molecule has 1 fully saturated rings. The van der Waals surface area contributed by atoms with Crippen molar-refractivity contribution in [1.29, 1.82) is 5.26 Å². The van der Waals surface area contributed by atoms with E-state index in [4.69, 9.17) is 0 Å². The minimum atomic E-state index is -0.607. The predicted octanol–water partition coefficient (Wildman–Crippen LogP) is 4.43. The van der Waals surface area contributed by atoms with Crippen LogP contribution in [0.25, 0.3) is 0 Å². The fourth-order valence-corrected chi connectivity index (χ4v) is 3.60. The largest absolute Gasteiger partial charge is 0.338 e. The second kappa shape index (κ2) is 7.29. The van der Waals surface area contributed by atoms with Gasteiger partial charge in [0.25, 0.3) is 0 Å². The Morgan fingerprint density at radius 3 is 2.38 bits per heavy atom. The average molecular weight is 292 g/mol. The molecule has 1 amide bonds. The van der Waals surface area contributed by atoms with Crippen molar-refractivity contribution in [3.8, 4) is 6.07 Å². The second-order valence-electron chi connectivity index (χ2n) is 8.17. The molecule has 1 N–H and O–H groups in total. The molecular formula is C18H32N2O. The molecule has 0 spiro atoms. The first-order chi connectivity index (χ1) is 9.69. The summed E-state index contributed by atoms with van der Waals surface area (Å²) in [7, 11) is 0. The molecule has 0 radical (unpaired) electrons. The van der Waals surface area contributed by atoms with E-state index in [1.165, 1.54) is 6.42 Å².